The van der Waals surface area contributed by atoms with E-state index in [9.17, 15) is 24.3 Å². The fraction of sp³-hybridized carbons (Fsp3) is 0.147. The highest BCUT2D eigenvalue weighted by atomic mass is 35.5. The Kier molecular flexibility index (Phi) is 12.7. The van der Waals surface area contributed by atoms with Crippen LogP contribution in [0.2, 0.25) is 15.1 Å². The number of carbonyl (C=O) groups is 4. The van der Waals surface area contributed by atoms with E-state index in [0.717, 1.165) is 18.4 Å². The number of unbranched alkanes of at least 4 members (excludes halogenated alkanes) is 1. The van der Waals surface area contributed by atoms with E-state index in [1.807, 2.05) is 0 Å². The Morgan fingerprint density at radius 3 is 2.06 bits per heavy atom. The number of nitrogens with two attached hydrogens (primary N) is 2. The van der Waals surface area contributed by atoms with Crippen molar-refractivity contribution in [3.63, 3.8) is 0 Å². The number of amides is 2. The van der Waals surface area contributed by atoms with E-state index in [-0.39, 0.29) is 16.8 Å². The van der Waals surface area contributed by atoms with Gasteiger partial charge in [-0.2, -0.15) is 0 Å². The third kappa shape index (κ3) is 10.0. The molecular formula is C34H31Cl3N6O6. The van der Waals surface area contributed by atoms with Crippen LogP contribution in [0, 0.1) is 0 Å². The second-order valence-corrected chi connectivity index (χ2v) is 11.9. The van der Waals surface area contributed by atoms with Crippen LogP contribution in [-0.2, 0) is 4.79 Å². The van der Waals surface area contributed by atoms with Crippen LogP contribution in [0.4, 0.5) is 11.4 Å². The van der Waals surface area contributed by atoms with E-state index in [1.165, 1.54) is 18.2 Å². The first-order valence-electron chi connectivity index (χ1n) is 14.8. The van der Waals surface area contributed by atoms with Crippen LogP contribution in [0.1, 0.15) is 50.3 Å². The number of aliphatic carboxylic acids is 1. The van der Waals surface area contributed by atoms with E-state index in [0.29, 0.717) is 56.1 Å². The molecule has 4 aromatic carbocycles. The maximum atomic E-state index is 12.9. The minimum Gasteiger partial charge on any atom is -0.480 e. The van der Waals surface area contributed by atoms with Gasteiger partial charge in [0.25, 0.3) is 11.8 Å². The molecule has 0 saturated carbocycles. The number of hydrogen-bond donors (Lipinski definition) is 7. The number of nitrogens with one attached hydrogen (secondary N) is 3. The zero-order valence-corrected chi connectivity index (χ0v) is 27.9. The van der Waals surface area contributed by atoms with Gasteiger partial charge in [0.15, 0.2) is 0 Å². The molecule has 0 spiro atoms. The molecule has 12 nitrogen and oxygen atoms in total. The molecule has 0 fully saturated rings. The minimum atomic E-state index is -1.30. The van der Waals surface area contributed by atoms with E-state index >= 15 is 0 Å². The maximum absolute atomic E-state index is 12.9. The number of benzene rings is 4. The van der Waals surface area contributed by atoms with Gasteiger partial charge in [0.1, 0.15) is 11.9 Å². The van der Waals surface area contributed by atoms with E-state index < -0.39 is 29.8 Å². The summed E-state index contributed by atoms with van der Waals surface area (Å²) in [5, 5.41) is 24.6. The van der Waals surface area contributed by atoms with Gasteiger partial charge in [0.05, 0.1) is 32.3 Å². The van der Waals surface area contributed by atoms with Gasteiger partial charge in [0, 0.05) is 27.4 Å². The van der Waals surface area contributed by atoms with Crippen molar-refractivity contribution in [1.29, 1.82) is 0 Å². The average molecular weight is 726 g/mol. The van der Waals surface area contributed by atoms with Crippen molar-refractivity contribution in [2.75, 3.05) is 17.2 Å². The molecule has 0 bridgehead atoms. The number of anilines is 2. The van der Waals surface area contributed by atoms with Gasteiger partial charge in [-0.3, -0.25) is 14.4 Å². The van der Waals surface area contributed by atoms with Gasteiger partial charge in [-0.25, -0.2) is 9.78 Å². The van der Waals surface area contributed by atoms with Gasteiger partial charge < -0.3 is 37.3 Å². The van der Waals surface area contributed by atoms with E-state index in [4.69, 9.17) is 51.4 Å². The van der Waals surface area contributed by atoms with Gasteiger partial charge >= 0.3 is 11.9 Å². The first-order chi connectivity index (χ1) is 23.4. The highest BCUT2D eigenvalue weighted by molar-refractivity contribution is 6.42. The Balaban J connectivity index is 0.000000471. The molecule has 0 aliphatic rings. The van der Waals surface area contributed by atoms with Crippen molar-refractivity contribution in [2.24, 2.45) is 11.5 Å². The number of rotatable bonds is 11. The normalized spacial score (nSPS) is 11.3. The van der Waals surface area contributed by atoms with Crippen molar-refractivity contribution < 1.29 is 29.4 Å². The zero-order valence-electron chi connectivity index (χ0n) is 25.7. The summed E-state index contributed by atoms with van der Waals surface area (Å²) in [4.78, 5) is 55.2. The summed E-state index contributed by atoms with van der Waals surface area (Å²) in [5.41, 5.74) is 13.2. The van der Waals surface area contributed by atoms with Crippen molar-refractivity contribution in [3.8, 4) is 11.4 Å². The third-order valence-corrected chi connectivity index (χ3v) is 8.07. The van der Waals surface area contributed by atoms with Gasteiger partial charge in [-0.15, -0.1) is 0 Å². The monoisotopic (exact) mass is 724 g/mol. The van der Waals surface area contributed by atoms with Crippen molar-refractivity contribution in [1.82, 2.24) is 9.97 Å². The molecule has 0 radical (unpaired) electrons. The van der Waals surface area contributed by atoms with Crippen molar-refractivity contribution in [2.45, 2.75) is 25.3 Å². The Labute approximate surface area is 295 Å². The molecule has 0 saturated heterocycles. The number of hydrogen-bond acceptors (Lipinski definition) is 7. The number of H-pyrrole nitrogens is 1. The number of carboxylic acids is 2. The Morgan fingerprint density at radius 1 is 0.796 bits per heavy atom. The van der Waals surface area contributed by atoms with Gasteiger partial charge in [-0.05, 0) is 86.1 Å². The number of nitrogens with zero attached hydrogens (tertiary/aromatic N) is 1. The zero-order chi connectivity index (χ0) is 35.7. The first-order valence-corrected chi connectivity index (χ1v) is 15.9. The summed E-state index contributed by atoms with van der Waals surface area (Å²) in [6.07, 6.45) is 2.16. The largest absolute Gasteiger partial charge is 0.480 e. The molecule has 0 aliphatic carbocycles. The molecule has 1 atom stereocenters. The molecule has 49 heavy (non-hydrogen) atoms. The van der Waals surface area contributed by atoms with E-state index in [2.05, 4.69) is 20.6 Å². The summed E-state index contributed by atoms with van der Waals surface area (Å²) in [7, 11) is 0. The molecule has 2 amide bonds. The fourth-order valence-electron chi connectivity index (χ4n) is 4.46. The predicted octanol–water partition coefficient (Wildman–Crippen LogP) is 6.92. The molecule has 1 heterocycles. The van der Waals surface area contributed by atoms with Crippen LogP contribution < -0.4 is 22.1 Å². The standard InChI is InChI=1S/C28H17Cl3N4O4.C6H14N2O2/c29-17-6-8-18(9-7-17)32-27(37)16-5-10-22(19(11-16)28(38)39)35-26(36)15-3-1-14(2-4-15)25-33-23-12-20(30)21(31)13-24(23)34-25;7-4-2-1-3-5(8)6(9)10/h1-13H,(H,32,37)(H,33,34)(H,35,36)(H,38,39);5H,1-4,7-8H2,(H,9,10)/t;5-/m.0/s1. The van der Waals surface area contributed by atoms with Crippen LogP contribution in [0.25, 0.3) is 22.4 Å². The molecule has 0 aliphatic heterocycles. The number of imidazole rings is 1. The fourth-order valence-corrected chi connectivity index (χ4v) is 4.90. The molecule has 254 valence electrons. The Bertz CT molecular complexity index is 1940. The lowest BCUT2D eigenvalue weighted by molar-refractivity contribution is -0.138. The second kappa shape index (κ2) is 16.9. The molecule has 15 heteroatoms. The number of halogens is 3. The number of fused-ring (bicyclic) bond motifs is 1. The SMILES string of the molecule is NCCCC[C@H](N)C(=O)O.O=C(Nc1ccc(Cl)cc1)c1ccc(NC(=O)c2ccc(-c3nc4cc(Cl)c(Cl)cc4[nH]3)cc2)c(C(=O)O)c1. The van der Waals surface area contributed by atoms with Gasteiger partial charge in [0.2, 0.25) is 0 Å². The lowest BCUT2D eigenvalue weighted by atomic mass is 10.1. The Hall–Kier alpha value is -4.98. The molecule has 9 N–H and O–H groups in total. The number of carbonyl (C=O) groups excluding carboxylic acids is 2. The number of aromatic carboxylic acids is 1. The number of aromatic nitrogens is 2. The topological polar surface area (TPSA) is 214 Å². The lowest BCUT2D eigenvalue weighted by Gasteiger charge is -2.11. The molecule has 5 aromatic rings. The quantitative estimate of drug-likeness (QED) is 0.0703. The minimum absolute atomic E-state index is 0.0469. The number of carboxylic acid groups (broad SMARTS) is 2. The van der Waals surface area contributed by atoms with Crippen LogP contribution in [-0.4, -0.2) is 56.5 Å². The van der Waals surface area contributed by atoms with E-state index in [1.54, 1.807) is 60.7 Å². The lowest BCUT2D eigenvalue weighted by Crippen LogP contribution is -2.29. The van der Waals surface area contributed by atoms with Crippen molar-refractivity contribution in [3.05, 3.63) is 111 Å². The third-order valence-electron chi connectivity index (χ3n) is 7.09. The molecule has 1 aromatic heterocycles. The van der Waals surface area contributed by atoms with Crippen LogP contribution in [0.5, 0.6) is 0 Å². The second-order valence-electron chi connectivity index (χ2n) is 10.7. The summed E-state index contributed by atoms with van der Waals surface area (Å²) in [6.45, 7) is 0.604. The van der Waals surface area contributed by atoms with Crippen molar-refractivity contribution >= 4 is 81.0 Å². The van der Waals surface area contributed by atoms with Gasteiger partial charge in [-0.1, -0.05) is 53.4 Å². The summed E-state index contributed by atoms with van der Waals surface area (Å²) >= 11 is 18.0. The summed E-state index contributed by atoms with van der Waals surface area (Å²) in [5.74, 6) is -2.70. The molecular weight excluding hydrogens is 695 g/mol. The first kappa shape index (κ1) is 36.8. The molecule has 5 rings (SSSR count). The average Bonchev–Trinajstić information content (AvgIpc) is 3.48. The highest BCUT2D eigenvalue weighted by Crippen LogP contribution is 2.29. The highest BCUT2D eigenvalue weighted by Gasteiger charge is 2.18. The number of aromatic amines is 1. The summed E-state index contributed by atoms with van der Waals surface area (Å²) < 4.78 is 0. The van der Waals surface area contributed by atoms with Crippen LogP contribution in [0.15, 0.2) is 78.9 Å². The maximum Gasteiger partial charge on any atom is 0.337 e. The predicted molar refractivity (Wildman–Crippen MR) is 191 cm³/mol. The smallest absolute Gasteiger partial charge is 0.337 e. The van der Waals surface area contributed by atoms with Crippen LogP contribution in [0.3, 0.4) is 0 Å². The Morgan fingerprint density at radius 2 is 1.43 bits per heavy atom. The van der Waals surface area contributed by atoms with Crippen LogP contribution >= 0.6 is 34.8 Å². The molecule has 0 unspecified atom stereocenters. The summed E-state index contributed by atoms with van der Waals surface area (Å²) in [6, 6.07) is 19.7.